The van der Waals surface area contributed by atoms with Gasteiger partial charge in [0.1, 0.15) is 5.69 Å². The van der Waals surface area contributed by atoms with Crippen LogP contribution >= 0.6 is 0 Å². The first-order valence-corrected chi connectivity index (χ1v) is 7.86. The van der Waals surface area contributed by atoms with E-state index in [-0.39, 0.29) is 5.91 Å². The van der Waals surface area contributed by atoms with Crippen LogP contribution in [0.3, 0.4) is 0 Å². The maximum absolute atomic E-state index is 12.5. The Kier molecular flexibility index (Phi) is 4.65. The van der Waals surface area contributed by atoms with Crippen molar-refractivity contribution >= 4 is 5.91 Å². The summed E-state index contributed by atoms with van der Waals surface area (Å²) in [5, 5.41) is 11.2. The Bertz CT molecular complexity index is 812. The van der Waals surface area contributed by atoms with Crippen LogP contribution in [0.2, 0.25) is 0 Å². The molecule has 1 amide bonds. The summed E-state index contributed by atoms with van der Waals surface area (Å²) in [6.45, 7) is 4.68. The molecule has 0 aliphatic heterocycles. The fourth-order valence-electron chi connectivity index (χ4n) is 2.33. The molecule has 1 N–H and O–H groups in total. The average molecular weight is 321 g/mol. The van der Waals surface area contributed by atoms with Gasteiger partial charge in [-0.05, 0) is 30.2 Å². The molecule has 2 heterocycles. The van der Waals surface area contributed by atoms with E-state index < -0.39 is 0 Å². The molecule has 24 heavy (non-hydrogen) atoms. The number of amides is 1. The van der Waals surface area contributed by atoms with Crippen molar-refractivity contribution in [2.24, 2.45) is 5.92 Å². The van der Waals surface area contributed by atoms with Crippen molar-refractivity contribution in [2.45, 2.75) is 13.8 Å². The minimum atomic E-state index is -0.224. The molecular weight excluding hydrogens is 302 g/mol. The predicted octanol–water partition coefficient (Wildman–Crippen LogP) is 2.72. The number of hydrogen-bond acceptors (Lipinski definition) is 4. The van der Waals surface area contributed by atoms with Crippen LogP contribution in [0.25, 0.3) is 16.9 Å². The van der Waals surface area contributed by atoms with Gasteiger partial charge in [-0.15, -0.1) is 5.10 Å². The topological polar surface area (TPSA) is 72.7 Å². The zero-order valence-corrected chi connectivity index (χ0v) is 13.7. The molecule has 0 atom stereocenters. The molecular formula is C18H19N5O. The summed E-state index contributed by atoms with van der Waals surface area (Å²) in [7, 11) is 0. The van der Waals surface area contributed by atoms with Gasteiger partial charge >= 0.3 is 0 Å². The molecule has 1 aromatic carbocycles. The molecule has 0 spiro atoms. The molecule has 0 saturated carbocycles. The molecule has 3 rings (SSSR count). The maximum atomic E-state index is 12.5. The molecule has 122 valence electrons. The van der Waals surface area contributed by atoms with E-state index in [2.05, 4.69) is 20.6 Å². The molecule has 2 aromatic heterocycles. The summed E-state index contributed by atoms with van der Waals surface area (Å²) in [4.78, 5) is 16.6. The van der Waals surface area contributed by atoms with Crippen LogP contribution in [0.4, 0.5) is 0 Å². The van der Waals surface area contributed by atoms with Gasteiger partial charge in [0.15, 0.2) is 5.69 Å². The Morgan fingerprint density at radius 1 is 1.12 bits per heavy atom. The number of benzene rings is 1. The molecule has 0 unspecified atom stereocenters. The van der Waals surface area contributed by atoms with E-state index in [0.717, 1.165) is 11.3 Å². The van der Waals surface area contributed by atoms with Crippen LogP contribution < -0.4 is 5.32 Å². The van der Waals surface area contributed by atoms with E-state index in [0.29, 0.717) is 23.9 Å². The van der Waals surface area contributed by atoms with E-state index in [9.17, 15) is 4.79 Å². The quantitative estimate of drug-likeness (QED) is 0.784. The first-order valence-electron chi connectivity index (χ1n) is 7.86. The molecule has 0 radical (unpaired) electrons. The number of pyridine rings is 1. The van der Waals surface area contributed by atoms with Crippen molar-refractivity contribution in [3.8, 4) is 16.9 Å². The Balaban J connectivity index is 2.07. The predicted molar refractivity (Wildman–Crippen MR) is 91.8 cm³/mol. The van der Waals surface area contributed by atoms with Gasteiger partial charge in [-0.2, -0.15) is 0 Å². The monoisotopic (exact) mass is 321 g/mol. The van der Waals surface area contributed by atoms with Crippen molar-refractivity contribution in [2.75, 3.05) is 6.54 Å². The van der Waals surface area contributed by atoms with E-state index in [1.54, 1.807) is 17.1 Å². The van der Waals surface area contributed by atoms with Gasteiger partial charge < -0.3 is 5.32 Å². The molecule has 3 aromatic rings. The van der Waals surface area contributed by atoms with Crippen LogP contribution in [-0.4, -0.2) is 32.4 Å². The van der Waals surface area contributed by atoms with Gasteiger partial charge in [0, 0.05) is 24.5 Å². The summed E-state index contributed by atoms with van der Waals surface area (Å²) < 4.78 is 1.68. The number of hydrogen-bond donors (Lipinski definition) is 1. The minimum absolute atomic E-state index is 0.224. The van der Waals surface area contributed by atoms with E-state index in [1.165, 1.54) is 0 Å². The molecule has 6 nitrogen and oxygen atoms in total. The van der Waals surface area contributed by atoms with E-state index in [4.69, 9.17) is 0 Å². The van der Waals surface area contributed by atoms with Gasteiger partial charge in [-0.3, -0.25) is 9.78 Å². The third-order valence-corrected chi connectivity index (χ3v) is 3.51. The highest BCUT2D eigenvalue weighted by atomic mass is 16.2. The average Bonchev–Trinajstić information content (AvgIpc) is 3.06. The van der Waals surface area contributed by atoms with E-state index >= 15 is 0 Å². The Morgan fingerprint density at radius 3 is 2.50 bits per heavy atom. The van der Waals surface area contributed by atoms with Crippen molar-refractivity contribution < 1.29 is 4.79 Å². The highest BCUT2D eigenvalue weighted by Crippen LogP contribution is 2.24. The SMILES string of the molecule is CC(C)CNC(=O)c1nnn(-c2ccccc2)c1-c1ccncc1. The normalized spacial score (nSPS) is 10.8. The Morgan fingerprint density at radius 2 is 1.83 bits per heavy atom. The Labute approximate surface area is 140 Å². The molecule has 0 saturated heterocycles. The van der Waals surface area contributed by atoms with Crippen LogP contribution in [0.5, 0.6) is 0 Å². The number of aromatic nitrogens is 4. The van der Waals surface area contributed by atoms with Gasteiger partial charge in [0.25, 0.3) is 5.91 Å². The van der Waals surface area contributed by atoms with Crippen LogP contribution in [0.1, 0.15) is 24.3 Å². The molecule has 0 aliphatic carbocycles. The largest absolute Gasteiger partial charge is 0.350 e. The van der Waals surface area contributed by atoms with Gasteiger partial charge in [0.2, 0.25) is 0 Å². The maximum Gasteiger partial charge on any atom is 0.274 e. The molecule has 0 bridgehead atoms. The molecule has 0 fully saturated rings. The fourth-order valence-corrected chi connectivity index (χ4v) is 2.33. The standard InChI is InChI=1S/C18H19N5O/c1-13(2)12-20-18(24)16-17(14-8-10-19-11-9-14)23(22-21-16)15-6-4-3-5-7-15/h3-11,13H,12H2,1-2H3,(H,20,24). The molecule has 0 aliphatic rings. The summed E-state index contributed by atoms with van der Waals surface area (Å²) >= 11 is 0. The second-order valence-electron chi connectivity index (χ2n) is 5.87. The van der Waals surface area contributed by atoms with Crippen molar-refractivity contribution in [1.29, 1.82) is 0 Å². The molecule has 6 heteroatoms. The highest BCUT2D eigenvalue weighted by Gasteiger charge is 2.22. The number of para-hydroxylation sites is 1. The second-order valence-corrected chi connectivity index (χ2v) is 5.87. The van der Waals surface area contributed by atoms with Crippen molar-refractivity contribution in [3.05, 3.63) is 60.6 Å². The third-order valence-electron chi connectivity index (χ3n) is 3.51. The second kappa shape index (κ2) is 7.04. The number of carbonyl (C=O) groups is 1. The van der Waals surface area contributed by atoms with Crippen LogP contribution in [0, 0.1) is 5.92 Å². The number of rotatable bonds is 5. The number of carbonyl (C=O) groups excluding carboxylic acids is 1. The van der Waals surface area contributed by atoms with Crippen molar-refractivity contribution in [1.82, 2.24) is 25.3 Å². The van der Waals surface area contributed by atoms with Crippen LogP contribution in [-0.2, 0) is 0 Å². The van der Waals surface area contributed by atoms with Gasteiger partial charge in [-0.25, -0.2) is 4.68 Å². The zero-order valence-electron chi connectivity index (χ0n) is 13.7. The van der Waals surface area contributed by atoms with E-state index in [1.807, 2.05) is 56.3 Å². The van der Waals surface area contributed by atoms with Gasteiger partial charge in [-0.1, -0.05) is 37.3 Å². The Hall–Kier alpha value is -3.02. The van der Waals surface area contributed by atoms with Gasteiger partial charge in [0.05, 0.1) is 5.69 Å². The lowest BCUT2D eigenvalue weighted by molar-refractivity contribution is 0.0944. The summed E-state index contributed by atoms with van der Waals surface area (Å²) in [5.41, 5.74) is 2.66. The number of nitrogens with one attached hydrogen (secondary N) is 1. The van der Waals surface area contributed by atoms with Crippen LogP contribution in [0.15, 0.2) is 54.9 Å². The first kappa shape index (κ1) is 15.9. The smallest absolute Gasteiger partial charge is 0.274 e. The highest BCUT2D eigenvalue weighted by molar-refractivity contribution is 5.98. The zero-order chi connectivity index (χ0) is 16.9. The summed E-state index contributed by atoms with van der Waals surface area (Å²) in [5.74, 6) is 0.139. The summed E-state index contributed by atoms with van der Waals surface area (Å²) in [6, 6.07) is 13.3. The number of nitrogens with zero attached hydrogens (tertiary/aromatic N) is 4. The minimum Gasteiger partial charge on any atom is -0.350 e. The van der Waals surface area contributed by atoms with Crippen molar-refractivity contribution in [3.63, 3.8) is 0 Å². The first-order chi connectivity index (χ1) is 11.7. The lowest BCUT2D eigenvalue weighted by atomic mass is 10.1. The fraction of sp³-hybridized carbons (Fsp3) is 0.222. The lowest BCUT2D eigenvalue weighted by Crippen LogP contribution is -2.28. The summed E-state index contributed by atoms with van der Waals surface area (Å²) in [6.07, 6.45) is 3.38. The third kappa shape index (κ3) is 3.32. The lowest BCUT2D eigenvalue weighted by Gasteiger charge is -2.09.